The van der Waals surface area contributed by atoms with Crippen molar-refractivity contribution in [2.24, 2.45) is 0 Å². The molecule has 7 nitrogen and oxygen atoms in total. The van der Waals surface area contributed by atoms with Crippen molar-refractivity contribution in [2.75, 3.05) is 6.54 Å². The molecule has 1 saturated heterocycles. The highest BCUT2D eigenvalue weighted by Crippen LogP contribution is 2.39. The number of aromatic nitrogens is 3. The Balaban J connectivity index is 1.84. The summed E-state index contributed by atoms with van der Waals surface area (Å²) in [6, 6.07) is 7.88. The van der Waals surface area contributed by atoms with E-state index < -0.39 is 16.1 Å². The molecule has 0 spiro atoms. The van der Waals surface area contributed by atoms with E-state index in [0.29, 0.717) is 35.8 Å². The Labute approximate surface area is 174 Å². The van der Waals surface area contributed by atoms with E-state index in [4.69, 9.17) is 16.1 Å². The molecule has 4 rings (SSSR count). The molecule has 29 heavy (non-hydrogen) atoms. The van der Waals surface area contributed by atoms with Crippen molar-refractivity contribution in [3.63, 3.8) is 0 Å². The van der Waals surface area contributed by atoms with Gasteiger partial charge in [-0.15, -0.1) is 0 Å². The Morgan fingerprint density at radius 2 is 2.00 bits per heavy atom. The molecule has 1 atom stereocenters. The fourth-order valence-corrected chi connectivity index (χ4v) is 5.82. The topological polar surface area (TPSA) is 89.2 Å². The van der Waals surface area contributed by atoms with Gasteiger partial charge in [-0.3, -0.25) is 0 Å². The molecule has 0 saturated carbocycles. The lowest BCUT2D eigenvalue weighted by Crippen LogP contribution is -2.39. The standard InChI is InChI=1S/C20H21ClN4O3S/c1-13-11-18(28-24-13)15-12-22-14(2)23-20(15)17-8-5-6-10-25(17)29(26,27)19-9-4-3-7-16(19)21/h3-4,7,9,11-12,17H,5-6,8,10H2,1-2H3/t17-/m1/s1. The molecule has 0 radical (unpaired) electrons. The van der Waals surface area contributed by atoms with Gasteiger partial charge in [0.25, 0.3) is 0 Å². The lowest BCUT2D eigenvalue weighted by Gasteiger charge is -2.35. The Morgan fingerprint density at radius 1 is 1.21 bits per heavy atom. The normalized spacial score (nSPS) is 18.1. The molecule has 152 valence electrons. The first-order valence-electron chi connectivity index (χ1n) is 9.41. The molecule has 3 heterocycles. The van der Waals surface area contributed by atoms with Crippen LogP contribution in [-0.4, -0.2) is 34.4 Å². The molecule has 0 amide bonds. The fourth-order valence-electron chi connectivity index (χ4n) is 3.67. The first kappa shape index (κ1) is 20.0. The Kier molecular flexibility index (Phi) is 5.42. The van der Waals surface area contributed by atoms with Gasteiger partial charge in [0.05, 0.1) is 28.0 Å². The SMILES string of the molecule is Cc1cc(-c2cnc(C)nc2[C@H]2CCCCN2S(=O)(=O)c2ccccc2Cl)on1. The van der Waals surface area contributed by atoms with Gasteiger partial charge in [0, 0.05) is 18.8 Å². The van der Waals surface area contributed by atoms with Crippen LogP contribution in [0.1, 0.15) is 42.5 Å². The maximum Gasteiger partial charge on any atom is 0.245 e. The van der Waals surface area contributed by atoms with Crippen molar-refractivity contribution in [3.8, 4) is 11.3 Å². The minimum Gasteiger partial charge on any atom is -0.356 e. The lowest BCUT2D eigenvalue weighted by atomic mass is 9.98. The minimum atomic E-state index is -3.80. The predicted molar refractivity (Wildman–Crippen MR) is 109 cm³/mol. The van der Waals surface area contributed by atoms with Crippen LogP contribution in [0.15, 0.2) is 45.9 Å². The number of sulfonamides is 1. The summed E-state index contributed by atoms with van der Waals surface area (Å²) >= 11 is 6.22. The number of aryl methyl sites for hydroxylation is 2. The van der Waals surface area contributed by atoms with Crippen molar-refractivity contribution in [1.29, 1.82) is 0 Å². The highest BCUT2D eigenvalue weighted by Gasteiger charge is 2.37. The maximum atomic E-state index is 13.5. The van der Waals surface area contributed by atoms with Crippen LogP contribution >= 0.6 is 11.6 Å². The van der Waals surface area contributed by atoms with Gasteiger partial charge in [-0.25, -0.2) is 18.4 Å². The van der Waals surface area contributed by atoms with E-state index in [-0.39, 0.29) is 9.92 Å². The van der Waals surface area contributed by atoms with Crippen LogP contribution in [0.3, 0.4) is 0 Å². The van der Waals surface area contributed by atoms with Gasteiger partial charge in [0.2, 0.25) is 10.0 Å². The molecule has 3 aromatic rings. The molecule has 0 aliphatic carbocycles. The molecular formula is C20H21ClN4O3S. The van der Waals surface area contributed by atoms with E-state index in [2.05, 4.69) is 15.1 Å². The van der Waals surface area contributed by atoms with Crippen LogP contribution in [0.4, 0.5) is 0 Å². The summed E-state index contributed by atoms with van der Waals surface area (Å²) in [5, 5.41) is 4.16. The van der Waals surface area contributed by atoms with Crippen molar-refractivity contribution < 1.29 is 12.9 Å². The van der Waals surface area contributed by atoms with Crippen LogP contribution in [0.5, 0.6) is 0 Å². The van der Waals surface area contributed by atoms with E-state index in [1.54, 1.807) is 37.4 Å². The van der Waals surface area contributed by atoms with E-state index in [1.807, 2.05) is 6.92 Å². The summed E-state index contributed by atoms with van der Waals surface area (Å²) in [6.45, 7) is 4.02. The van der Waals surface area contributed by atoms with Gasteiger partial charge in [-0.2, -0.15) is 4.31 Å². The predicted octanol–water partition coefficient (Wildman–Crippen LogP) is 4.32. The number of hydrogen-bond donors (Lipinski definition) is 0. The number of nitrogens with zero attached hydrogens (tertiary/aromatic N) is 4. The van der Waals surface area contributed by atoms with Crippen LogP contribution < -0.4 is 0 Å². The average Bonchev–Trinajstić information content (AvgIpc) is 3.14. The molecule has 1 fully saturated rings. The third kappa shape index (κ3) is 3.80. The second-order valence-electron chi connectivity index (χ2n) is 7.11. The van der Waals surface area contributed by atoms with E-state index in [9.17, 15) is 8.42 Å². The first-order valence-corrected chi connectivity index (χ1v) is 11.2. The summed E-state index contributed by atoms with van der Waals surface area (Å²) < 4.78 is 33.9. The molecule has 2 aromatic heterocycles. The van der Waals surface area contributed by atoms with Gasteiger partial charge in [-0.05, 0) is 38.8 Å². The van der Waals surface area contributed by atoms with Crippen molar-refractivity contribution in [1.82, 2.24) is 19.4 Å². The molecule has 0 unspecified atom stereocenters. The fraction of sp³-hybridized carbons (Fsp3) is 0.350. The molecule has 1 aliphatic rings. The number of halogens is 1. The quantitative estimate of drug-likeness (QED) is 0.610. The van der Waals surface area contributed by atoms with Crippen molar-refractivity contribution in [3.05, 3.63) is 58.8 Å². The third-order valence-electron chi connectivity index (χ3n) is 5.02. The molecular weight excluding hydrogens is 412 g/mol. The molecule has 1 aliphatic heterocycles. The minimum absolute atomic E-state index is 0.108. The second-order valence-corrected chi connectivity index (χ2v) is 9.37. The first-order chi connectivity index (χ1) is 13.9. The second kappa shape index (κ2) is 7.85. The Bertz CT molecular complexity index is 1150. The zero-order valence-corrected chi connectivity index (χ0v) is 17.7. The smallest absolute Gasteiger partial charge is 0.245 e. The lowest BCUT2D eigenvalue weighted by molar-refractivity contribution is 0.251. The highest BCUT2D eigenvalue weighted by molar-refractivity contribution is 7.89. The highest BCUT2D eigenvalue weighted by atomic mass is 35.5. The van der Waals surface area contributed by atoms with Gasteiger partial charge in [-0.1, -0.05) is 35.3 Å². The molecule has 1 aromatic carbocycles. The van der Waals surface area contributed by atoms with Crippen LogP contribution in [-0.2, 0) is 10.0 Å². The van der Waals surface area contributed by atoms with Gasteiger partial charge < -0.3 is 4.52 Å². The van der Waals surface area contributed by atoms with E-state index in [0.717, 1.165) is 18.5 Å². The zero-order valence-electron chi connectivity index (χ0n) is 16.2. The summed E-state index contributed by atoms with van der Waals surface area (Å²) in [5.41, 5.74) is 2.02. The third-order valence-corrected chi connectivity index (χ3v) is 7.43. The zero-order chi connectivity index (χ0) is 20.6. The number of hydrogen-bond acceptors (Lipinski definition) is 6. The van der Waals surface area contributed by atoms with Crippen molar-refractivity contribution >= 4 is 21.6 Å². The van der Waals surface area contributed by atoms with Crippen molar-refractivity contribution in [2.45, 2.75) is 44.0 Å². The van der Waals surface area contributed by atoms with Gasteiger partial charge in [0.15, 0.2) is 5.76 Å². The van der Waals surface area contributed by atoms with Crippen LogP contribution in [0.25, 0.3) is 11.3 Å². The van der Waals surface area contributed by atoms with E-state index in [1.165, 1.54) is 10.4 Å². The summed E-state index contributed by atoms with van der Waals surface area (Å²) in [5.74, 6) is 1.10. The summed E-state index contributed by atoms with van der Waals surface area (Å²) in [4.78, 5) is 9.02. The number of rotatable bonds is 4. The van der Waals surface area contributed by atoms with Gasteiger partial charge >= 0.3 is 0 Å². The average molecular weight is 433 g/mol. The van der Waals surface area contributed by atoms with Crippen LogP contribution in [0, 0.1) is 13.8 Å². The largest absolute Gasteiger partial charge is 0.356 e. The Morgan fingerprint density at radius 3 is 2.72 bits per heavy atom. The van der Waals surface area contributed by atoms with E-state index >= 15 is 0 Å². The number of benzene rings is 1. The number of piperidine rings is 1. The van der Waals surface area contributed by atoms with Crippen LogP contribution in [0.2, 0.25) is 5.02 Å². The molecule has 0 bridgehead atoms. The molecule has 9 heteroatoms. The Hall–Kier alpha value is -2.29. The summed E-state index contributed by atoms with van der Waals surface area (Å²) in [7, 11) is -3.80. The van der Waals surface area contributed by atoms with Gasteiger partial charge in [0.1, 0.15) is 10.7 Å². The summed E-state index contributed by atoms with van der Waals surface area (Å²) in [6.07, 6.45) is 4.00. The molecule has 0 N–H and O–H groups in total. The monoisotopic (exact) mass is 432 g/mol. The maximum absolute atomic E-state index is 13.5.